The zero-order valence-electron chi connectivity index (χ0n) is 20.7. The van der Waals surface area contributed by atoms with E-state index in [4.69, 9.17) is 0 Å². The van der Waals surface area contributed by atoms with Gasteiger partial charge in [-0.05, 0) is 57.5 Å². The maximum absolute atomic E-state index is 3.50. The van der Waals surface area contributed by atoms with Crippen LogP contribution in [0.1, 0.15) is 59.6 Å². The van der Waals surface area contributed by atoms with E-state index >= 15 is 0 Å². The van der Waals surface area contributed by atoms with Crippen LogP contribution in [0.15, 0.2) is 60.4 Å². The molecule has 0 bridgehead atoms. The lowest BCUT2D eigenvalue weighted by atomic mass is 9.86. The molecule has 0 amide bonds. The van der Waals surface area contributed by atoms with Crippen LogP contribution in [0.5, 0.6) is 0 Å². The molecule has 0 radical (unpaired) electrons. The molecule has 2 aliphatic heterocycles. The van der Waals surface area contributed by atoms with Gasteiger partial charge in [-0.1, -0.05) is 85.0 Å². The average molecular weight is 431 g/mol. The number of allylic oxidation sites excluding steroid dienone is 1. The van der Waals surface area contributed by atoms with Crippen molar-refractivity contribution in [2.24, 2.45) is 0 Å². The van der Waals surface area contributed by atoms with Crippen LogP contribution in [0.4, 0.5) is 11.4 Å². The molecule has 3 heteroatoms. The smallest absolute Gasteiger partial charge is 0.117 e. The van der Waals surface area contributed by atoms with Gasteiger partial charge in [0.15, 0.2) is 0 Å². The summed E-state index contributed by atoms with van der Waals surface area (Å²) in [6.45, 7) is 21.1. The second kappa shape index (κ2) is 7.13. The summed E-state index contributed by atoms with van der Waals surface area (Å²) in [5.41, 5.74) is 7.00. The standard InChI is InChI=1S/C28H38N2Si/c1-19-10-13-22(18-29-19)30-23-14-11-20(27(2,3)4)16-25(23)31(8,9)26-17-21(28(5,6)7)12-15-24(26)30/h10-19,29H,1-9H3. The lowest BCUT2D eigenvalue weighted by molar-refractivity contribution is 0.590. The largest absolute Gasteiger partial charge is 0.383 e. The van der Waals surface area contributed by atoms with Gasteiger partial charge in [0, 0.05) is 23.6 Å². The maximum atomic E-state index is 3.50. The molecule has 1 atom stereocenters. The fourth-order valence-electron chi connectivity index (χ4n) is 4.65. The monoisotopic (exact) mass is 430 g/mol. The Balaban J connectivity index is 1.99. The van der Waals surface area contributed by atoms with Gasteiger partial charge in [-0.15, -0.1) is 0 Å². The molecule has 31 heavy (non-hydrogen) atoms. The van der Waals surface area contributed by atoms with Crippen molar-refractivity contribution in [2.45, 2.75) is 78.4 Å². The Morgan fingerprint density at radius 2 is 1.29 bits per heavy atom. The van der Waals surface area contributed by atoms with Crippen molar-refractivity contribution < 1.29 is 0 Å². The average Bonchev–Trinajstić information content (AvgIpc) is 2.67. The molecule has 4 rings (SSSR count). The first kappa shape index (κ1) is 21.9. The van der Waals surface area contributed by atoms with Gasteiger partial charge >= 0.3 is 0 Å². The second-order valence-electron chi connectivity index (χ2n) is 11.8. The molecule has 1 N–H and O–H groups in total. The molecule has 2 aromatic carbocycles. The van der Waals surface area contributed by atoms with Gasteiger partial charge in [0.2, 0.25) is 0 Å². The highest BCUT2D eigenvalue weighted by Gasteiger charge is 2.40. The number of hydrogen-bond donors (Lipinski definition) is 1. The molecule has 0 saturated heterocycles. The van der Waals surface area contributed by atoms with Crippen molar-refractivity contribution in [3.8, 4) is 0 Å². The molecule has 0 aromatic heterocycles. The Morgan fingerprint density at radius 1 is 0.806 bits per heavy atom. The van der Waals surface area contributed by atoms with Crippen molar-refractivity contribution in [1.82, 2.24) is 5.32 Å². The molecular weight excluding hydrogens is 392 g/mol. The van der Waals surface area contributed by atoms with Gasteiger partial charge in [0.1, 0.15) is 8.07 Å². The van der Waals surface area contributed by atoms with Gasteiger partial charge < -0.3 is 10.2 Å². The van der Waals surface area contributed by atoms with Crippen LogP contribution in [0.2, 0.25) is 13.1 Å². The quantitative estimate of drug-likeness (QED) is 0.563. The molecule has 2 aromatic rings. The minimum atomic E-state index is -1.88. The highest BCUT2D eigenvalue weighted by atomic mass is 28.3. The van der Waals surface area contributed by atoms with Crippen LogP contribution < -0.4 is 20.6 Å². The normalized spacial score (nSPS) is 20.0. The van der Waals surface area contributed by atoms with Crippen LogP contribution in [-0.4, -0.2) is 14.1 Å². The van der Waals surface area contributed by atoms with Crippen molar-refractivity contribution in [3.63, 3.8) is 0 Å². The zero-order chi connectivity index (χ0) is 22.8. The predicted molar refractivity (Wildman–Crippen MR) is 139 cm³/mol. The van der Waals surface area contributed by atoms with Crippen LogP contribution in [0.25, 0.3) is 0 Å². The Kier molecular flexibility index (Phi) is 5.05. The Labute approximate surface area is 190 Å². The molecule has 2 heterocycles. The minimum Gasteiger partial charge on any atom is -0.383 e. The maximum Gasteiger partial charge on any atom is 0.117 e. The minimum absolute atomic E-state index is 0.138. The molecule has 0 saturated carbocycles. The van der Waals surface area contributed by atoms with E-state index in [9.17, 15) is 0 Å². The number of dihydropyridines is 1. The van der Waals surface area contributed by atoms with Gasteiger partial charge in [0.05, 0.1) is 5.70 Å². The lowest BCUT2D eigenvalue weighted by Crippen LogP contribution is -2.59. The summed E-state index contributed by atoms with van der Waals surface area (Å²) in [4.78, 5) is 2.47. The lowest BCUT2D eigenvalue weighted by Gasteiger charge is -2.43. The van der Waals surface area contributed by atoms with Gasteiger partial charge in [-0.3, -0.25) is 0 Å². The fraction of sp³-hybridized carbons (Fsp3) is 0.429. The zero-order valence-corrected chi connectivity index (χ0v) is 21.7. The van der Waals surface area contributed by atoms with Gasteiger partial charge in [0.25, 0.3) is 0 Å². The van der Waals surface area contributed by atoms with E-state index in [-0.39, 0.29) is 10.8 Å². The van der Waals surface area contributed by atoms with E-state index in [1.807, 2.05) is 0 Å². The summed E-state index contributed by atoms with van der Waals surface area (Å²) in [6.07, 6.45) is 6.69. The summed E-state index contributed by atoms with van der Waals surface area (Å²) in [5.74, 6) is 0. The molecule has 0 spiro atoms. The molecule has 0 aliphatic carbocycles. The summed E-state index contributed by atoms with van der Waals surface area (Å²) < 4.78 is 0. The number of fused-ring (bicyclic) bond motifs is 2. The first-order valence-electron chi connectivity index (χ1n) is 11.5. The highest BCUT2D eigenvalue weighted by Crippen LogP contribution is 2.38. The van der Waals surface area contributed by atoms with Crippen LogP contribution in [-0.2, 0) is 10.8 Å². The number of anilines is 2. The Morgan fingerprint density at radius 3 is 1.68 bits per heavy atom. The van der Waals surface area contributed by atoms with Crippen LogP contribution in [0, 0.1) is 0 Å². The molecule has 164 valence electrons. The van der Waals surface area contributed by atoms with E-state index in [1.165, 1.54) is 38.6 Å². The summed E-state index contributed by atoms with van der Waals surface area (Å²) in [5, 5.41) is 6.57. The fourth-order valence-corrected chi connectivity index (χ4v) is 7.65. The number of benzene rings is 2. The third kappa shape index (κ3) is 3.78. The summed E-state index contributed by atoms with van der Waals surface area (Å²) in [7, 11) is -1.88. The summed E-state index contributed by atoms with van der Waals surface area (Å²) >= 11 is 0. The van der Waals surface area contributed by atoms with Crippen molar-refractivity contribution in [1.29, 1.82) is 0 Å². The van der Waals surface area contributed by atoms with E-state index in [2.05, 4.69) is 127 Å². The van der Waals surface area contributed by atoms with E-state index in [1.54, 1.807) is 0 Å². The van der Waals surface area contributed by atoms with Crippen molar-refractivity contribution in [2.75, 3.05) is 4.90 Å². The van der Waals surface area contributed by atoms with Crippen LogP contribution in [0.3, 0.4) is 0 Å². The van der Waals surface area contributed by atoms with Gasteiger partial charge in [-0.2, -0.15) is 0 Å². The molecule has 1 unspecified atom stereocenters. The first-order valence-corrected chi connectivity index (χ1v) is 14.5. The highest BCUT2D eigenvalue weighted by molar-refractivity contribution is 7.02. The topological polar surface area (TPSA) is 15.3 Å². The first-order chi connectivity index (χ1) is 14.3. The van der Waals surface area contributed by atoms with E-state index in [0.717, 1.165) is 0 Å². The third-order valence-electron chi connectivity index (χ3n) is 6.86. The van der Waals surface area contributed by atoms with Crippen molar-refractivity contribution >= 4 is 29.8 Å². The number of rotatable bonds is 1. The van der Waals surface area contributed by atoms with E-state index < -0.39 is 8.07 Å². The Bertz CT molecular complexity index is 1010. The third-order valence-corrected chi connectivity index (χ3v) is 10.4. The number of nitrogens with one attached hydrogen (secondary N) is 1. The molecule has 2 aliphatic rings. The Hall–Kier alpha value is -2.26. The number of nitrogens with zero attached hydrogens (tertiary/aromatic N) is 1. The van der Waals surface area contributed by atoms with Gasteiger partial charge in [-0.25, -0.2) is 0 Å². The SMILES string of the molecule is CC1C=CC(N2c3ccc(C(C)(C)C)cc3[Si](C)(C)c3cc(C(C)(C)C)ccc32)=CN1. The molecule has 0 fully saturated rings. The van der Waals surface area contributed by atoms with Crippen LogP contribution >= 0.6 is 0 Å². The van der Waals surface area contributed by atoms with E-state index in [0.29, 0.717) is 6.04 Å². The second-order valence-corrected chi connectivity index (χ2v) is 16.1. The summed E-state index contributed by atoms with van der Waals surface area (Å²) in [6, 6.07) is 14.7. The predicted octanol–water partition coefficient (Wildman–Crippen LogP) is 5.95. The molecular formula is C28H38N2Si. The number of hydrogen-bond acceptors (Lipinski definition) is 2. The molecule has 2 nitrogen and oxygen atoms in total. The van der Waals surface area contributed by atoms with Crippen molar-refractivity contribution in [3.05, 3.63) is 71.6 Å².